The van der Waals surface area contributed by atoms with E-state index in [1.54, 1.807) is 6.07 Å². The molecule has 0 saturated heterocycles. The summed E-state index contributed by atoms with van der Waals surface area (Å²) < 4.78 is 27.2. The minimum atomic E-state index is -3.46. The monoisotopic (exact) mass is 339 g/mol. The standard InChI is InChI=1S/C11H15BrClNO2S/c1-3-4-14-17(15,16)10-6-9(7-13)5-8(2)11(10)12/h5-6,14H,3-4,7H2,1-2H3. The van der Waals surface area contributed by atoms with Gasteiger partial charge in [-0.3, -0.25) is 0 Å². The molecule has 0 amide bonds. The molecule has 1 aromatic rings. The molecular weight excluding hydrogens is 326 g/mol. The van der Waals surface area contributed by atoms with Crippen LogP contribution in [0.2, 0.25) is 0 Å². The molecule has 0 aliphatic carbocycles. The average Bonchev–Trinajstić information content (AvgIpc) is 2.29. The Kier molecular flexibility index (Phi) is 5.44. The summed E-state index contributed by atoms with van der Waals surface area (Å²) >= 11 is 9.06. The van der Waals surface area contributed by atoms with Crippen LogP contribution in [0.1, 0.15) is 24.5 Å². The molecule has 0 heterocycles. The number of benzene rings is 1. The minimum absolute atomic E-state index is 0.251. The third-order valence-corrected chi connectivity index (χ3v) is 5.38. The SMILES string of the molecule is CCCNS(=O)(=O)c1cc(CCl)cc(C)c1Br. The zero-order chi connectivity index (χ0) is 13.1. The molecule has 6 heteroatoms. The lowest BCUT2D eigenvalue weighted by molar-refractivity contribution is 0.580. The van der Waals surface area contributed by atoms with E-state index in [1.165, 1.54) is 0 Å². The first kappa shape index (κ1) is 15.0. The van der Waals surface area contributed by atoms with Crippen LogP contribution in [0.5, 0.6) is 0 Å². The van der Waals surface area contributed by atoms with Gasteiger partial charge in [0.1, 0.15) is 0 Å². The molecule has 0 unspecified atom stereocenters. The molecule has 0 aromatic heterocycles. The predicted molar refractivity (Wildman–Crippen MR) is 73.9 cm³/mol. The largest absolute Gasteiger partial charge is 0.241 e. The van der Waals surface area contributed by atoms with Gasteiger partial charge in [0.15, 0.2) is 0 Å². The quantitative estimate of drug-likeness (QED) is 0.837. The second kappa shape index (κ2) is 6.18. The highest BCUT2D eigenvalue weighted by Crippen LogP contribution is 2.27. The van der Waals surface area contributed by atoms with Crippen molar-refractivity contribution in [3.05, 3.63) is 27.7 Å². The van der Waals surface area contributed by atoms with Gasteiger partial charge in [-0.25, -0.2) is 13.1 Å². The highest BCUT2D eigenvalue weighted by atomic mass is 79.9. The van der Waals surface area contributed by atoms with Crippen LogP contribution in [0.25, 0.3) is 0 Å². The molecule has 17 heavy (non-hydrogen) atoms. The molecule has 0 aliphatic rings. The van der Waals surface area contributed by atoms with Crippen molar-refractivity contribution in [3.63, 3.8) is 0 Å². The smallest absolute Gasteiger partial charge is 0.211 e. The lowest BCUT2D eigenvalue weighted by Crippen LogP contribution is -2.25. The van der Waals surface area contributed by atoms with E-state index in [1.807, 2.05) is 19.9 Å². The van der Waals surface area contributed by atoms with Gasteiger partial charge in [-0.1, -0.05) is 13.0 Å². The Morgan fingerprint density at radius 1 is 1.41 bits per heavy atom. The van der Waals surface area contributed by atoms with Gasteiger partial charge >= 0.3 is 0 Å². The van der Waals surface area contributed by atoms with Crippen LogP contribution >= 0.6 is 27.5 Å². The first-order valence-electron chi connectivity index (χ1n) is 5.27. The lowest BCUT2D eigenvalue weighted by atomic mass is 10.2. The summed E-state index contributed by atoms with van der Waals surface area (Å²) in [5.74, 6) is 0.296. The molecule has 0 bridgehead atoms. The average molecular weight is 341 g/mol. The molecule has 96 valence electrons. The fourth-order valence-electron chi connectivity index (χ4n) is 1.40. The van der Waals surface area contributed by atoms with E-state index in [0.717, 1.165) is 17.5 Å². The van der Waals surface area contributed by atoms with Gasteiger partial charge in [-0.2, -0.15) is 0 Å². The zero-order valence-electron chi connectivity index (χ0n) is 9.76. The van der Waals surface area contributed by atoms with Crippen molar-refractivity contribution >= 4 is 37.6 Å². The van der Waals surface area contributed by atoms with Crippen molar-refractivity contribution in [1.29, 1.82) is 0 Å². The fraction of sp³-hybridized carbons (Fsp3) is 0.455. The Labute approximate surface area is 116 Å². The van der Waals surface area contributed by atoms with Crippen LogP contribution in [0.4, 0.5) is 0 Å². The number of nitrogens with one attached hydrogen (secondary N) is 1. The van der Waals surface area contributed by atoms with E-state index in [9.17, 15) is 8.42 Å². The number of alkyl halides is 1. The number of hydrogen-bond donors (Lipinski definition) is 1. The highest BCUT2D eigenvalue weighted by Gasteiger charge is 2.19. The second-order valence-electron chi connectivity index (χ2n) is 3.76. The van der Waals surface area contributed by atoms with Crippen LogP contribution in [0.15, 0.2) is 21.5 Å². The van der Waals surface area contributed by atoms with Crippen molar-refractivity contribution in [2.45, 2.75) is 31.0 Å². The van der Waals surface area contributed by atoms with Crippen LogP contribution in [0.3, 0.4) is 0 Å². The summed E-state index contributed by atoms with van der Waals surface area (Å²) in [4.78, 5) is 0.251. The first-order chi connectivity index (χ1) is 7.92. The third kappa shape index (κ3) is 3.68. The van der Waals surface area contributed by atoms with Crippen LogP contribution in [-0.4, -0.2) is 15.0 Å². The molecule has 0 saturated carbocycles. The van der Waals surface area contributed by atoms with Crippen molar-refractivity contribution in [2.75, 3.05) is 6.54 Å². The van der Waals surface area contributed by atoms with Crippen molar-refractivity contribution in [3.8, 4) is 0 Å². The maximum absolute atomic E-state index is 12.0. The third-order valence-electron chi connectivity index (χ3n) is 2.27. The summed E-state index contributed by atoms with van der Waals surface area (Å²) in [5, 5.41) is 0. The van der Waals surface area contributed by atoms with Crippen molar-refractivity contribution in [1.82, 2.24) is 4.72 Å². The number of sulfonamides is 1. The maximum atomic E-state index is 12.0. The van der Waals surface area contributed by atoms with E-state index < -0.39 is 10.0 Å². The normalized spacial score (nSPS) is 11.8. The first-order valence-corrected chi connectivity index (χ1v) is 8.08. The van der Waals surface area contributed by atoms with Gasteiger partial charge in [0.2, 0.25) is 10.0 Å². The summed E-state index contributed by atoms with van der Waals surface area (Å²) in [6.07, 6.45) is 0.755. The molecule has 0 spiro atoms. The van der Waals surface area contributed by atoms with Crippen molar-refractivity contribution in [2.24, 2.45) is 0 Å². The fourth-order valence-corrected chi connectivity index (χ4v) is 3.75. The predicted octanol–water partition coefficient (Wildman–Crippen LogP) is 3.18. The summed E-state index contributed by atoms with van der Waals surface area (Å²) in [7, 11) is -3.46. The molecule has 1 aromatic carbocycles. The van der Waals surface area contributed by atoms with E-state index in [-0.39, 0.29) is 4.90 Å². The topological polar surface area (TPSA) is 46.2 Å². The Morgan fingerprint density at radius 2 is 2.06 bits per heavy atom. The number of rotatable bonds is 5. The molecule has 3 nitrogen and oxygen atoms in total. The lowest BCUT2D eigenvalue weighted by Gasteiger charge is -2.11. The van der Waals surface area contributed by atoms with Crippen LogP contribution in [0, 0.1) is 6.92 Å². The molecule has 1 N–H and O–H groups in total. The minimum Gasteiger partial charge on any atom is -0.211 e. The molecule has 0 fully saturated rings. The van der Waals surface area contributed by atoms with Gasteiger partial charge in [-0.15, -0.1) is 11.6 Å². The summed E-state index contributed by atoms with van der Waals surface area (Å²) in [6.45, 7) is 4.19. The van der Waals surface area contributed by atoms with E-state index >= 15 is 0 Å². The summed E-state index contributed by atoms with van der Waals surface area (Å²) in [6, 6.07) is 3.47. The molecule has 1 rings (SSSR count). The van der Waals surface area contributed by atoms with E-state index in [0.29, 0.717) is 16.9 Å². The molecule has 0 aliphatic heterocycles. The Bertz CT molecular complexity index is 502. The van der Waals surface area contributed by atoms with E-state index in [2.05, 4.69) is 20.7 Å². The number of aryl methyl sites for hydroxylation is 1. The zero-order valence-corrected chi connectivity index (χ0v) is 12.9. The molecule has 0 atom stereocenters. The van der Waals surface area contributed by atoms with Gasteiger partial charge in [0.05, 0.1) is 4.90 Å². The highest BCUT2D eigenvalue weighted by molar-refractivity contribution is 9.10. The van der Waals surface area contributed by atoms with Gasteiger partial charge in [-0.05, 0) is 46.5 Å². The van der Waals surface area contributed by atoms with Crippen LogP contribution < -0.4 is 4.72 Å². The van der Waals surface area contributed by atoms with Gasteiger partial charge in [0.25, 0.3) is 0 Å². The van der Waals surface area contributed by atoms with E-state index in [4.69, 9.17) is 11.6 Å². The Hall–Kier alpha value is -0.100. The number of hydrogen-bond acceptors (Lipinski definition) is 2. The molecular formula is C11H15BrClNO2S. The van der Waals surface area contributed by atoms with Crippen molar-refractivity contribution < 1.29 is 8.42 Å². The maximum Gasteiger partial charge on any atom is 0.241 e. The summed E-state index contributed by atoms with van der Waals surface area (Å²) in [5.41, 5.74) is 1.66. The Balaban J connectivity index is 3.25. The Morgan fingerprint density at radius 3 is 2.59 bits per heavy atom. The van der Waals surface area contributed by atoms with Crippen LogP contribution in [-0.2, 0) is 15.9 Å². The number of halogens is 2. The molecule has 0 radical (unpaired) electrons. The van der Waals surface area contributed by atoms with Gasteiger partial charge < -0.3 is 0 Å². The van der Waals surface area contributed by atoms with Gasteiger partial charge in [0, 0.05) is 16.9 Å². The second-order valence-corrected chi connectivity index (χ2v) is 6.55.